The molecule has 124 valence electrons. The third-order valence-electron chi connectivity index (χ3n) is 3.87. The van der Waals surface area contributed by atoms with Crippen LogP contribution >= 0.6 is 0 Å². The maximum atomic E-state index is 13.4. The minimum absolute atomic E-state index is 0.162. The molecule has 3 aromatic rings. The number of H-pyrrole nitrogens is 1. The van der Waals surface area contributed by atoms with Crippen LogP contribution in [0, 0.1) is 6.92 Å². The van der Waals surface area contributed by atoms with Crippen LogP contribution in [0.3, 0.4) is 0 Å². The van der Waals surface area contributed by atoms with Crippen LogP contribution in [0.1, 0.15) is 28.3 Å². The molecule has 1 unspecified atom stereocenters. The summed E-state index contributed by atoms with van der Waals surface area (Å²) in [5.41, 5.74) is 1.87. The molecule has 3 nitrogen and oxygen atoms in total. The highest BCUT2D eigenvalue weighted by Gasteiger charge is 2.35. The van der Waals surface area contributed by atoms with Crippen LogP contribution in [-0.4, -0.2) is 10.2 Å². The van der Waals surface area contributed by atoms with Crippen molar-refractivity contribution >= 4 is 5.69 Å². The minimum atomic E-state index is -4.42. The Balaban J connectivity index is 2.09. The van der Waals surface area contributed by atoms with Gasteiger partial charge in [0.1, 0.15) is 0 Å². The van der Waals surface area contributed by atoms with Crippen molar-refractivity contribution < 1.29 is 13.2 Å². The summed E-state index contributed by atoms with van der Waals surface area (Å²) in [5, 5.41) is 9.76. The summed E-state index contributed by atoms with van der Waals surface area (Å²) in [7, 11) is 0. The Morgan fingerprint density at radius 1 is 1.04 bits per heavy atom. The third kappa shape index (κ3) is 3.27. The Hall–Kier alpha value is -2.76. The van der Waals surface area contributed by atoms with Crippen LogP contribution in [0.15, 0.2) is 60.9 Å². The normalized spacial score (nSPS) is 12.8. The zero-order chi connectivity index (χ0) is 17.2. The molecular formula is C18H16F3N3. The number of nitrogens with zero attached hydrogens (tertiary/aromatic N) is 1. The van der Waals surface area contributed by atoms with Gasteiger partial charge in [-0.05, 0) is 30.2 Å². The Labute approximate surface area is 137 Å². The topological polar surface area (TPSA) is 40.7 Å². The van der Waals surface area contributed by atoms with Gasteiger partial charge in [-0.2, -0.15) is 18.3 Å². The molecule has 1 atom stereocenters. The lowest BCUT2D eigenvalue weighted by Gasteiger charge is -2.24. The molecule has 0 fully saturated rings. The number of aromatic amines is 1. The first-order chi connectivity index (χ1) is 11.5. The molecule has 1 aromatic heterocycles. The highest BCUT2D eigenvalue weighted by atomic mass is 19.4. The van der Waals surface area contributed by atoms with Crippen molar-refractivity contribution in [2.24, 2.45) is 0 Å². The van der Waals surface area contributed by atoms with E-state index in [0.29, 0.717) is 5.56 Å². The van der Waals surface area contributed by atoms with E-state index in [1.165, 1.54) is 18.3 Å². The summed E-state index contributed by atoms with van der Waals surface area (Å²) in [4.78, 5) is 0. The first kappa shape index (κ1) is 16.1. The standard InChI is InChI=1S/C18H16F3N3/c1-12-6-2-5-9-16(12)24-17(13-10-22-23-11-13)14-7-3-4-8-15(14)18(19,20)21/h2-11,17,24H,1H3,(H,22,23). The van der Waals surface area contributed by atoms with Gasteiger partial charge in [-0.3, -0.25) is 5.10 Å². The Morgan fingerprint density at radius 3 is 2.42 bits per heavy atom. The summed E-state index contributed by atoms with van der Waals surface area (Å²) in [6, 6.07) is 12.4. The van der Waals surface area contributed by atoms with E-state index in [2.05, 4.69) is 15.5 Å². The fourth-order valence-electron chi connectivity index (χ4n) is 2.66. The number of aromatic nitrogens is 2. The van der Waals surface area contributed by atoms with Crippen molar-refractivity contribution in [2.45, 2.75) is 19.1 Å². The van der Waals surface area contributed by atoms with Crippen LogP contribution in [0.25, 0.3) is 0 Å². The largest absolute Gasteiger partial charge is 0.416 e. The summed E-state index contributed by atoms with van der Waals surface area (Å²) in [5.74, 6) is 0. The van der Waals surface area contributed by atoms with Crippen LogP contribution in [0.4, 0.5) is 18.9 Å². The summed E-state index contributed by atoms with van der Waals surface area (Å²) >= 11 is 0. The van der Waals surface area contributed by atoms with Crippen LogP contribution < -0.4 is 5.32 Å². The van der Waals surface area contributed by atoms with E-state index in [9.17, 15) is 13.2 Å². The van der Waals surface area contributed by atoms with E-state index in [1.54, 1.807) is 12.3 Å². The lowest BCUT2D eigenvalue weighted by atomic mass is 9.95. The highest BCUT2D eigenvalue weighted by molar-refractivity contribution is 5.55. The van der Waals surface area contributed by atoms with Crippen molar-refractivity contribution in [1.82, 2.24) is 10.2 Å². The van der Waals surface area contributed by atoms with Gasteiger partial charge in [0, 0.05) is 17.4 Å². The molecule has 3 rings (SSSR count). The van der Waals surface area contributed by atoms with Crippen LogP contribution in [0.5, 0.6) is 0 Å². The molecule has 24 heavy (non-hydrogen) atoms. The fraction of sp³-hybridized carbons (Fsp3) is 0.167. The lowest BCUT2D eigenvalue weighted by Crippen LogP contribution is -2.18. The van der Waals surface area contributed by atoms with Gasteiger partial charge in [-0.1, -0.05) is 36.4 Å². The first-order valence-corrected chi connectivity index (χ1v) is 7.44. The zero-order valence-corrected chi connectivity index (χ0v) is 12.9. The number of alkyl halides is 3. The Kier molecular flexibility index (Phi) is 4.29. The molecule has 0 spiro atoms. The summed E-state index contributed by atoms with van der Waals surface area (Å²) in [6.45, 7) is 1.91. The van der Waals surface area contributed by atoms with Gasteiger partial charge in [-0.15, -0.1) is 0 Å². The summed E-state index contributed by atoms with van der Waals surface area (Å²) in [6.07, 6.45) is -1.29. The number of hydrogen-bond donors (Lipinski definition) is 2. The van der Waals surface area contributed by atoms with Gasteiger partial charge in [-0.25, -0.2) is 0 Å². The van der Waals surface area contributed by atoms with Crippen molar-refractivity contribution in [2.75, 3.05) is 5.32 Å². The predicted octanol–water partition coefficient (Wildman–Crippen LogP) is 4.94. The number of aryl methyl sites for hydroxylation is 1. The van der Waals surface area contributed by atoms with E-state index in [0.717, 1.165) is 17.3 Å². The number of nitrogens with one attached hydrogen (secondary N) is 2. The summed E-state index contributed by atoms with van der Waals surface area (Å²) < 4.78 is 40.3. The second kappa shape index (κ2) is 6.39. The fourth-order valence-corrected chi connectivity index (χ4v) is 2.66. The van der Waals surface area contributed by atoms with E-state index in [-0.39, 0.29) is 5.56 Å². The van der Waals surface area contributed by atoms with Gasteiger partial charge < -0.3 is 5.32 Å². The molecular weight excluding hydrogens is 315 g/mol. The maximum Gasteiger partial charge on any atom is 0.416 e. The average molecular weight is 331 g/mol. The van der Waals surface area contributed by atoms with E-state index < -0.39 is 17.8 Å². The monoisotopic (exact) mass is 331 g/mol. The molecule has 0 aliphatic heterocycles. The maximum absolute atomic E-state index is 13.4. The number of hydrogen-bond acceptors (Lipinski definition) is 2. The number of anilines is 1. The minimum Gasteiger partial charge on any atom is -0.374 e. The highest BCUT2D eigenvalue weighted by Crippen LogP contribution is 2.38. The number of para-hydroxylation sites is 1. The molecule has 2 N–H and O–H groups in total. The average Bonchev–Trinajstić information content (AvgIpc) is 3.07. The van der Waals surface area contributed by atoms with Crippen LogP contribution in [0.2, 0.25) is 0 Å². The molecule has 0 saturated heterocycles. The third-order valence-corrected chi connectivity index (χ3v) is 3.87. The second-order valence-electron chi connectivity index (χ2n) is 5.51. The predicted molar refractivity (Wildman–Crippen MR) is 86.7 cm³/mol. The van der Waals surface area contributed by atoms with Crippen molar-refractivity contribution in [1.29, 1.82) is 0 Å². The molecule has 6 heteroatoms. The van der Waals surface area contributed by atoms with Gasteiger partial charge in [0.2, 0.25) is 0 Å². The molecule has 0 amide bonds. The lowest BCUT2D eigenvalue weighted by molar-refractivity contribution is -0.138. The van der Waals surface area contributed by atoms with Crippen molar-refractivity contribution in [3.05, 3.63) is 83.2 Å². The molecule has 2 aromatic carbocycles. The van der Waals surface area contributed by atoms with Crippen LogP contribution in [-0.2, 0) is 6.18 Å². The quantitative estimate of drug-likeness (QED) is 0.711. The van der Waals surface area contributed by atoms with Gasteiger partial charge >= 0.3 is 6.18 Å². The van der Waals surface area contributed by atoms with Gasteiger partial charge in [0.25, 0.3) is 0 Å². The molecule has 0 saturated carbocycles. The van der Waals surface area contributed by atoms with Gasteiger partial charge in [0.05, 0.1) is 17.8 Å². The van der Waals surface area contributed by atoms with Crippen molar-refractivity contribution in [3.63, 3.8) is 0 Å². The smallest absolute Gasteiger partial charge is 0.374 e. The number of halogens is 3. The Morgan fingerprint density at radius 2 is 1.75 bits per heavy atom. The molecule has 0 bridgehead atoms. The SMILES string of the molecule is Cc1ccccc1NC(c1cn[nH]c1)c1ccccc1C(F)(F)F. The van der Waals surface area contributed by atoms with Crippen molar-refractivity contribution in [3.8, 4) is 0 Å². The number of benzene rings is 2. The second-order valence-corrected chi connectivity index (χ2v) is 5.51. The molecule has 1 heterocycles. The van der Waals surface area contributed by atoms with E-state index in [1.807, 2.05) is 31.2 Å². The van der Waals surface area contributed by atoms with Gasteiger partial charge in [0.15, 0.2) is 0 Å². The molecule has 0 radical (unpaired) electrons. The van der Waals surface area contributed by atoms with E-state index >= 15 is 0 Å². The Bertz CT molecular complexity index is 810. The first-order valence-electron chi connectivity index (χ1n) is 7.44. The zero-order valence-electron chi connectivity index (χ0n) is 12.9. The van der Waals surface area contributed by atoms with E-state index in [4.69, 9.17) is 0 Å². The number of rotatable bonds is 4. The molecule has 0 aliphatic carbocycles. The molecule has 0 aliphatic rings.